The minimum absolute atomic E-state index is 0. The Morgan fingerprint density at radius 3 is 2.63 bits per heavy atom. The number of halogens is 2. The van der Waals surface area contributed by atoms with Crippen LogP contribution in [0, 0.1) is 5.82 Å². The third-order valence-electron chi connectivity index (χ3n) is 4.60. The van der Waals surface area contributed by atoms with Gasteiger partial charge in [0, 0.05) is 32.7 Å². The first-order chi connectivity index (χ1) is 12.4. The highest BCUT2D eigenvalue weighted by Crippen LogP contribution is 2.14. The van der Waals surface area contributed by atoms with Gasteiger partial charge in [0.1, 0.15) is 5.82 Å². The molecule has 1 heterocycles. The Hall–Kier alpha value is -0.940. The molecule has 154 valence electrons. The highest BCUT2D eigenvalue weighted by Gasteiger charge is 2.26. The molecule has 1 fully saturated rings. The predicted molar refractivity (Wildman–Crippen MR) is 119 cm³/mol. The van der Waals surface area contributed by atoms with Crippen LogP contribution >= 0.6 is 24.0 Å². The van der Waals surface area contributed by atoms with Crippen LogP contribution in [-0.2, 0) is 16.4 Å². The lowest BCUT2D eigenvalue weighted by Gasteiger charge is -2.32. The number of rotatable bonds is 7. The van der Waals surface area contributed by atoms with Crippen molar-refractivity contribution in [1.29, 1.82) is 0 Å². The van der Waals surface area contributed by atoms with E-state index in [-0.39, 0.29) is 41.6 Å². The van der Waals surface area contributed by atoms with Gasteiger partial charge in [-0.1, -0.05) is 12.1 Å². The lowest BCUT2D eigenvalue weighted by molar-refractivity contribution is 0.306. The summed E-state index contributed by atoms with van der Waals surface area (Å²) in [6, 6.07) is 6.88. The standard InChI is InChI=1S/C18H29FN4O2S.HI/c1-3-26(24,25)23-12-9-17(10-13-23)22-18(20-2)21-11-5-7-15-6-4-8-16(19)14-15;/h4,6,8,14,17H,3,5,7,9-13H2,1-2H3,(H2,20,21,22);1H. The van der Waals surface area contributed by atoms with Crippen LogP contribution in [0.5, 0.6) is 0 Å². The van der Waals surface area contributed by atoms with Gasteiger partial charge in [-0.2, -0.15) is 0 Å². The van der Waals surface area contributed by atoms with Crippen molar-refractivity contribution in [3.8, 4) is 0 Å². The van der Waals surface area contributed by atoms with Crippen molar-refractivity contribution >= 4 is 40.0 Å². The molecule has 1 aromatic rings. The Morgan fingerprint density at radius 1 is 1.33 bits per heavy atom. The minimum atomic E-state index is -3.09. The SMILES string of the molecule is CCS(=O)(=O)N1CCC(NC(=NC)NCCCc2cccc(F)c2)CC1.I. The molecule has 0 unspecified atom stereocenters. The molecule has 0 bridgehead atoms. The monoisotopic (exact) mass is 512 g/mol. The fourth-order valence-electron chi connectivity index (χ4n) is 3.04. The summed E-state index contributed by atoms with van der Waals surface area (Å²) in [6.07, 6.45) is 3.21. The first-order valence-corrected chi connectivity index (χ1v) is 10.7. The van der Waals surface area contributed by atoms with Crippen molar-refractivity contribution in [2.45, 2.75) is 38.6 Å². The number of hydrogen-bond acceptors (Lipinski definition) is 3. The zero-order valence-electron chi connectivity index (χ0n) is 15.9. The minimum Gasteiger partial charge on any atom is -0.356 e. The van der Waals surface area contributed by atoms with Gasteiger partial charge in [-0.25, -0.2) is 17.1 Å². The van der Waals surface area contributed by atoms with E-state index in [0.717, 1.165) is 43.8 Å². The second kappa shape index (κ2) is 11.8. The normalized spacial score (nSPS) is 16.6. The largest absolute Gasteiger partial charge is 0.356 e. The number of benzene rings is 1. The van der Waals surface area contributed by atoms with Crippen LogP contribution in [0.2, 0.25) is 0 Å². The van der Waals surface area contributed by atoms with Crippen LogP contribution in [0.1, 0.15) is 31.7 Å². The van der Waals surface area contributed by atoms with Gasteiger partial charge < -0.3 is 10.6 Å². The molecule has 27 heavy (non-hydrogen) atoms. The molecule has 0 aliphatic carbocycles. The summed E-state index contributed by atoms with van der Waals surface area (Å²) >= 11 is 0. The third kappa shape index (κ3) is 7.90. The van der Waals surface area contributed by atoms with E-state index >= 15 is 0 Å². The topological polar surface area (TPSA) is 73.8 Å². The lowest BCUT2D eigenvalue weighted by Crippen LogP contribution is -2.50. The van der Waals surface area contributed by atoms with Crippen LogP contribution in [0.4, 0.5) is 4.39 Å². The Balaban J connectivity index is 0.00000364. The number of piperidine rings is 1. The van der Waals surface area contributed by atoms with Crippen LogP contribution in [0.3, 0.4) is 0 Å². The smallest absolute Gasteiger partial charge is 0.213 e. The lowest BCUT2D eigenvalue weighted by atomic mass is 10.1. The molecule has 0 spiro atoms. The summed E-state index contributed by atoms with van der Waals surface area (Å²) in [5, 5.41) is 6.63. The van der Waals surface area contributed by atoms with Crippen molar-refractivity contribution in [2.24, 2.45) is 4.99 Å². The van der Waals surface area contributed by atoms with Crippen LogP contribution < -0.4 is 10.6 Å². The van der Waals surface area contributed by atoms with E-state index in [1.807, 2.05) is 6.07 Å². The molecule has 1 saturated heterocycles. The number of nitrogens with one attached hydrogen (secondary N) is 2. The molecule has 1 aliphatic rings. The van der Waals surface area contributed by atoms with Gasteiger partial charge in [-0.3, -0.25) is 4.99 Å². The third-order valence-corrected chi connectivity index (χ3v) is 6.48. The molecule has 1 aromatic carbocycles. The maximum atomic E-state index is 13.2. The van der Waals surface area contributed by atoms with Crippen molar-refractivity contribution in [1.82, 2.24) is 14.9 Å². The highest BCUT2D eigenvalue weighted by atomic mass is 127. The summed E-state index contributed by atoms with van der Waals surface area (Å²) < 4.78 is 38.5. The average molecular weight is 512 g/mol. The maximum absolute atomic E-state index is 13.2. The number of hydrogen-bond donors (Lipinski definition) is 2. The summed E-state index contributed by atoms with van der Waals surface area (Å²) in [7, 11) is -1.37. The van der Waals surface area contributed by atoms with Crippen molar-refractivity contribution in [2.75, 3.05) is 32.4 Å². The Bertz CT molecular complexity index is 707. The van der Waals surface area contributed by atoms with E-state index in [4.69, 9.17) is 0 Å². The van der Waals surface area contributed by atoms with E-state index in [1.54, 1.807) is 30.4 Å². The molecule has 0 radical (unpaired) electrons. The number of aryl methyl sites for hydroxylation is 1. The predicted octanol–water partition coefficient (Wildman–Crippen LogP) is 2.36. The van der Waals surface area contributed by atoms with Gasteiger partial charge in [0.05, 0.1) is 5.75 Å². The number of nitrogens with zero attached hydrogens (tertiary/aromatic N) is 2. The van der Waals surface area contributed by atoms with E-state index in [9.17, 15) is 12.8 Å². The molecule has 0 aromatic heterocycles. The summed E-state index contributed by atoms with van der Waals surface area (Å²) in [5.74, 6) is 0.671. The molecule has 2 rings (SSSR count). The molecule has 0 atom stereocenters. The van der Waals surface area contributed by atoms with E-state index in [1.165, 1.54) is 6.07 Å². The Morgan fingerprint density at radius 2 is 2.04 bits per heavy atom. The van der Waals surface area contributed by atoms with Crippen LogP contribution in [0.15, 0.2) is 29.3 Å². The molecule has 6 nitrogen and oxygen atoms in total. The zero-order chi connectivity index (χ0) is 19.0. The van der Waals surface area contributed by atoms with Crippen molar-refractivity contribution < 1.29 is 12.8 Å². The van der Waals surface area contributed by atoms with Crippen molar-refractivity contribution in [3.63, 3.8) is 0 Å². The average Bonchev–Trinajstić information content (AvgIpc) is 2.64. The van der Waals surface area contributed by atoms with Gasteiger partial charge in [0.25, 0.3) is 0 Å². The number of guanidine groups is 1. The fourth-order valence-corrected chi connectivity index (χ4v) is 4.17. The maximum Gasteiger partial charge on any atom is 0.213 e. The van der Waals surface area contributed by atoms with Gasteiger partial charge in [0.15, 0.2) is 5.96 Å². The van der Waals surface area contributed by atoms with Crippen LogP contribution in [-0.4, -0.2) is 57.2 Å². The first-order valence-electron chi connectivity index (χ1n) is 9.14. The molecule has 9 heteroatoms. The molecular weight excluding hydrogens is 482 g/mol. The van der Waals surface area contributed by atoms with E-state index in [0.29, 0.717) is 13.1 Å². The molecular formula is C18H30FIN4O2S. The Labute approximate surface area is 179 Å². The number of sulfonamides is 1. The van der Waals surface area contributed by atoms with Gasteiger partial charge >= 0.3 is 0 Å². The summed E-state index contributed by atoms with van der Waals surface area (Å²) in [4.78, 5) is 4.23. The summed E-state index contributed by atoms with van der Waals surface area (Å²) in [5.41, 5.74) is 0.985. The quantitative estimate of drug-likeness (QED) is 0.255. The van der Waals surface area contributed by atoms with Gasteiger partial charge in [0.2, 0.25) is 10.0 Å². The van der Waals surface area contributed by atoms with Gasteiger partial charge in [-0.15, -0.1) is 24.0 Å². The molecule has 0 amide bonds. The fraction of sp³-hybridized carbons (Fsp3) is 0.611. The highest BCUT2D eigenvalue weighted by molar-refractivity contribution is 14.0. The van der Waals surface area contributed by atoms with Crippen LogP contribution in [0.25, 0.3) is 0 Å². The second-order valence-electron chi connectivity index (χ2n) is 6.45. The summed E-state index contributed by atoms with van der Waals surface area (Å²) in [6.45, 7) is 3.50. The molecule has 0 saturated carbocycles. The molecule has 2 N–H and O–H groups in total. The van der Waals surface area contributed by atoms with Crippen molar-refractivity contribution in [3.05, 3.63) is 35.6 Å². The van der Waals surface area contributed by atoms with Gasteiger partial charge in [-0.05, 0) is 50.3 Å². The molecule has 1 aliphatic heterocycles. The van der Waals surface area contributed by atoms with E-state index < -0.39 is 10.0 Å². The first kappa shape index (κ1) is 24.1. The Kier molecular flexibility index (Phi) is 10.5. The second-order valence-corrected chi connectivity index (χ2v) is 8.71. The zero-order valence-corrected chi connectivity index (χ0v) is 19.1. The van der Waals surface area contributed by atoms with E-state index in [2.05, 4.69) is 15.6 Å². The number of aliphatic imine (C=N–C) groups is 1.